The third-order valence-corrected chi connectivity index (χ3v) is 2.68. The molecule has 1 aliphatic carbocycles. The maximum absolute atomic E-state index is 5.95. The maximum Gasteiger partial charge on any atom is 0.266 e. The van der Waals surface area contributed by atoms with Crippen LogP contribution in [0.1, 0.15) is 32.6 Å². The van der Waals surface area contributed by atoms with E-state index in [9.17, 15) is 0 Å². The number of hydrogen-bond donors (Lipinski definition) is 1. The predicted molar refractivity (Wildman–Crippen MR) is 53.0 cm³/mol. The van der Waals surface area contributed by atoms with Gasteiger partial charge < -0.3 is 15.2 Å². The van der Waals surface area contributed by atoms with E-state index >= 15 is 0 Å². The Bertz CT molecular complexity index is 314. The first-order valence-corrected chi connectivity index (χ1v) is 5.07. The Balaban J connectivity index is 2.16. The van der Waals surface area contributed by atoms with Crippen LogP contribution in [0.2, 0.25) is 0 Å². The monoisotopic (exact) mass is 196 g/mol. The molecule has 1 aromatic rings. The van der Waals surface area contributed by atoms with Gasteiger partial charge in [0, 0.05) is 13.1 Å². The van der Waals surface area contributed by atoms with Gasteiger partial charge in [-0.05, 0) is 31.8 Å². The van der Waals surface area contributed by atoms with Gasteiger partial charge in [0.2, 0.25) is 5.89 Å². The Morgan fingerprint density at radius 2 is 2.07 bits per heavy atom. The summed E-state index contributed by atoms with van der Waals surface area (Å²) in [4.78, 5) is 6.35. The van der Waals surface area contributed by atoms with Crippen LogP contribution in [0.4, 0.5) is 5.95 Å². The van der Waals surface area contributed by atoms with Gasteiger partial charge >= 0.3 is 0 Å². The maximum atomic E-state index is 5.95. The highest BCUT2D eigenvalue weighted by Gasteiger charge is 2.45. The minimum absolute atomic E-state index is 0.321. The lowest BCUT2D eigenvalue weighted by Crippen LogP contribution is -2.24. The van der Waals surface area contributed by atoms with Crippen molar-refractivity contribution in [3.63, 3.8) is 0 Å². The summed E-state index contributed by atoms with van der Waals surface area (Å²) >= 11 is 0. The lowest BCUT2D eigenvalue weighted by atomic mass is 10.3. The fraction of sp³-hybridized carbons (Fsp3) is 0.778. The van der Waals surface area contributed by atoms with E-state index in [0.29, 0.717) is 11.8 Å². The summed E-state index contributed by atoms with van der Waals surface area (Å²) in [6, 6.07) is 0. The molecular formula is C9H16N4O. The largest absolute Gasteiger partial charge is 0.339 e. The normalized spacial score (nSPS) is 18.2. The summed E-state index contributed by atoms with van der Waals surface area (Å²) in [5, 5.41) is 3.92. The van der Waals surface area contributed by atoms with Crippen LogP contribution in [0.3, 0.4) is 0 Å². The molecule has 2 rings (SSSR count). The molecule has 0 atom stereocenters. The quantitative estimate of drug-likeness (QED) is 0.773. The highest BCUT2D eigenvalue weighted by atomic mass is 16.5. The fourth-order valence-corrected chi connectivity index (χ4v) is 1.40. The number of rotatable bonds is 4. The molecule has 0 spiro atoms. The Labute approximate surface area is 83.3 Å². The summed E-state index contributed by atoms with van der Waals surface area (Å²) in [6.07, 6.45) is 1.90. The second-order valence-electron chi connectivity index (χ2n) is 3.73. The molecule has 5 heteroatoms. The minimum Gasteiger partial charge on any atom is -0.339 e. The van der Waals surface area contributed by atoms with Crippen molar-refractivity contribution in [3.05, 3.63) is 5.89 Å². The zero-order valence-corrected chi connectivity index (χ0v) is 8.66. The molecule has 0 amide bonds. The highest BCUT2D eigenvalue weighted by Crippen LogP contribution is 2.41. The number of nitrogens with zero attached hydrogens (tertiary/aromatic N) is 3. The van der Waals surface area contributed by atoms with Crippen molar-refractivity contribution in [2.75, 3.05) is 18.0 Å². The fourth-order valence-electron chi connectivity index (χ4n) is 1.40. The Hall–Kier alpha value is -1.10. The Kier molecular flexibility index (Phi) is 2.19. The van der Waals surface area contributed by atoms with E-state index in [-0.39, 0.29) is 5.54 Å². The molecule has 0 aliphatic heterocycles. The molecule has 2 N–H and O–H groups in total. The van der Waals surface area contributed by atoms with Crippen molar-refractivity contribution in [1.82, 2.24) is 10.1 Å². The number of hydrogen-bond acceptors (Lipinski definition) is 5. The first-order valence-electron chi connectivity index (χ1n) is 5.07. The molecule has 0 radical (unpaired) electrons. The van der Waals surface area contributed by atoms with Crippen LogP contribution in [0.15, 0.2) is 4.52 Å². The SMILES string of the molecule is CCN(CC)c1noc(C2(N)CC2)n1. The molecule has 1 heterocycles. The second-order valence-corrected chi connectivity index (χ2v) is 3.73. The first-order chi connectivity index (χ1) is 6.69. The summed E-state index contributed by atoms with van der Waals surface area (Å²) in [5.74, 6) is 1.24. The van der Waals surface area contributed by atoms with Crippen LogP contribution in [0, 0.1) is 0 Å². The zero-order chi connectivity index (χ0) is 10.2. The van der Waals surface area contributed by atoms with E-state index in [0.717, 1.165) is 25.9 Å². The molecule has 0 bridgehead atoms. The topological polar surface area (TPSA) is 68.2 Å². The number of nitrogens with two attached hydrogens (primary N) is 1. The molecule has 14 heavy (non-hydrogen) atoms. The predicted octanol–water partition coefficient (Wildman–Crippen LogP) is 0.864. The summed E-state index contributed by atoms with van der Waals surface area (Å²) in [5.41, 5.74) is 5.63. The van der Waals surface area contributed by atoms with Crippen LogP contribution in [0.5, 0.6) is 0 Å². The van der Waals surface area contributed by atoms with Gasteiger partial charge in [-0.1, -0.05) is 0 Å². The molecular weight excluding hydrogens is 180 g/mol. The molecule has 5 nitrogen and oxygen atoms in total. The molecule has 0 aromatic carbocycles. The van der Waals surface area contributed by atoms with Gasteiger partial charge in [0.05, 0.1) is 5.54 Å². The molecule has 1 aliphatic rings. The standard InChI is InChI=1S/C9H16N4O/c1-3-13(4-2)8-11-7(14-12-8)9(10)5-6-9/h3-6,10H2,1-2H3. The molecule has 78 valence electrons. The van der Waals surface area contributed by atoms with E-state index in [2.05, 4.69) is 24.0 Å². The smallest absolute Gasteiger partial charge is 0.266 e. The first kappa shape index (κ1) is 9.45. The van der Waals surface area contributed by atoms with Crippen LogP contribution in [0.25, 0.3) is 0 Å². The minimum atomic E-state index is -0.321. The molecule has 1 fully saturated rings. The van der Waals surface area contributed by atoms with Crippen molar-refractivity contribution in [1.29, 1.82) is 0 Å². The average Bonchev–Trinajstić information content (AvgIpc) is 2.76. The molecule has 0 unspecified atom stereocenters. The van der Waals surface area contributed by atoms with E-state index in [1.807, 2.05) is 4.90 Å². The Morgan fingerprint density at radius 3 is 2.57 bits per heavy atom. The van der Waals surface area contributed by atoms with Crippen LogP contribution in [-0.4, -0.2) is 23.2 Å². The van der Waals surface area contributed by atoms with Crippen LogP contribution >= 0.6 is 0 Å². The average molecular weight is 196 g/mol. The van der Waals surface area contributed by atoms with Gasteiger partial charge in [-0.25, -0.2) is 0 Å². The van der Waals surface area contributed by atoms with Crippen LogP contribution < -0.4 is 10.6 Å². The van der Waals surface area contributed by atoms with Crippen LogP contribution in [-0.2, 0) is 5.54 Å². The summed E-state index contributed by atoms with van der Waals surface area (Å²) < 4.78 is 5.15. The van der Waals surface area contributed by atoms with Gasteiger partial charge in [0.25, 0.3) is 5.95 Å². The van der Waals surface area contributed by atoms with Gasteiger partial charge in [-0.3, -0.25) is 0 Å². The third kappa shape index (κ3) is 1.48. The summed E-state index contributed by atoms with van der Waals surface area (Å²) in [7, 11) is 0. The van der Waals surface area contributed by atoms with Crippen molar-refractivity contribution >= 4 is 5.95 Å². The number of anilines is 1. The Morgan fingerprint density at radius 1 is 1.43 bits per heavy atom. The lowest BCUT2D eigenvalue weighted by Gasteiger charge is -2.14. The zero-order valence-electron chi connectivity index (χ0n) is 8.66. The van der Waals surface area contributed by atoms with E-state index < -0.39 is 0 Å². The van der Waals surface area contributed by atoms with Gasteiger partial charge in [0.15, 0.2) is 0 Å². The number of aromatic nitrogens is 2. The van der Waals surface area contributed by atoms with Crippen molar-refractivity contribution < 1.29 is 4.52 Å². The van der Waals surface area contributed by atoms with E-state index in [1.165, 1.54) is 0 Å². The van der Waals surface area contributed by atoms with Gasteiger partial charge in [0.1, 0.15) is 0 Å². The molecule has 0 saturated heterocycles. The summed E-state index contributed by atoms with van der Waals surface area (Å²) in [6.45, 7) is 5.89. The van der Waals surface area contributed by atoms with Gasteiger partial charge in [-0.2, -0.15) is 4.98 Å². The van der Waals surface area contributed by atoms with Gasteiger partial charge in [-0.15, -0.1) is 0 Å². The second kappa shape index (κ2) is 3.24. The lowest BCUT2D eigenvalue weighted by molar-refractivity contribution is 0.347. The van der Waals surface area contributed by atoms with E-state index in [1.54, 1.807) is 0 Å². The van der Waals surface area contributed by atoms with Crippen molar-refractivity contribution in [2.45, 2.75) is 32.2 Å². The van der Waals surface area contributed by atoms with Crippen molar-refractivity contribution in [3.8, 4) is 0 Å². The van der Waals surface area contributed by atoms with Crippen molar-refractivity contribution in [2.24, 2.45) is 5.73 Å². The molecule has 1 aromatic heterocycles. The third-order valence-electron chi connectivity index (χ3n) is 2.68. The van der Waals surface area contributed by atoms with E-state index in [4.69, 9.17) is 10.3 Å². The molecule has 1 saturated carbocycles. The highest BCUT2D eigenvalue weighted by molar-refractivity contribution is 5.29.